The Labute approximate surface area is 159 Å². The molecule has 0 atom stereocenters. The standard InChI is InChI=1S/C22H21N5/c1-15(2)16-4-8-21(9-5-16)27-13-17-3-6-19(11-18(17)14-27)24-22-10-7-20(12-23)25-26-22/h3-11,15H,13-14H2,1-2H3,(H,24,26). The number of benzene rings is 2. The first-order valence-electron chi connectivity index (χ1n) is 9.10. The van der Waals surface area contributed by atoms with Crippen molar-refractivity contribution >= 4 is 17.2 Å². The summed E-state index contributed by atoms with van der Waals surface area (Å²) in [6.45, 7) is 6.25. The van der Waals surface area contributed by atoms with Gasteiger partial charge in [0.2, 0.25) is 0 Å². The van der Waals surface area contributed by atoms with Crippen molar-refractivity contribution < 1.29 is 0 Å². The Hall–Kier alpha value is -3.39. The molecule has 0 fully saturated rings. The number of hydrogen-bond donors (Lipinski definition) is 1. The van der Waals surface area contributed by atoms with E-state index in [-0.39, 0.29) is 0 Å². The van der Waals surface area contributed by atoms with Crippen LogP contribution in [-0.4, -0.2) is 10.2 Å². The monoisotopic (exact) mass is 355 g/mol. The quantitative estimate of drug-likeness (QED) is 0.732. The average molecular weight is 355 g/mol. The fourth-order valence-electron chi connectivity index (χ4n) is 3.33. The van der Waals surface area contributed by atoms with E-state index in [1.807, 2.05) is 6.07 Å². The van der Waals surface area contributed by atoms with Crippen LogP contribution in [0.5, 0.6) is 0 Å². The first kappa shape index (κ1) is 17.0. The van der Waals surface area contributed by atoms with Gasteiger partial charge in [0, 0.05) is 24.5 Å². The average Bonchev–Trinajstić information content (AvgIpc) is 3.12. The summed E-state index contributed by atoms with van der Waals surface area (Å²) in [6.07, 6.45) is 0. The van der Waals surface area contributed by atoms with Gasteiger partial charge in [-0.3, -0.25) is 0 Å². The van der Waals surface area contributed by atoms with Crippen LogP contribution in [-0.2, 0) is 13.1 Å². The summed E-state index contributed by atoms with van der Waals surface area (Å²) in [5.74, 6) is 1.18. The molecule has 1 aromatic heterocycles. The minimum absolute atomic E-state index is 0.314. The Morgan fingerprint density at radius 3 is 2.41 bits per heavy atom. The zero-order chi connectivity index (χ0) is 18.8. The van der Waals surface area contributed by atoms with Crippen molar-refractivity contribution in [2.24, 2.45) is 0 Å². The SMILES string of the molecule is CC(C)c1ccc(N2Cc3ccc(Nc4ccc(C#N)nn4)cc3C2)cc1. The molecule has 27 heavy (non-hydrogen) atoms. The lowest BCUT2D eigenvalue weighted by atomic mass is 10.0. The maximum atomic E-state index is 8.81. The van der Waals surface area contributed by atoms with Crippen LogP contribution >= 0.6 is 0 Å². The predicted octanol–water partition coefficient (Wildman–Crippen LogP) is 4.74. The van der Waals surface area contributed by atoms with Gasteiger partial charge >= 0.3 is 0 Å². The van der Waals surface area contributed by atoms with Crippen molar-refractivity contribution in [3.8, 4) is 6.07 Å². The van der Waals surface area contributed by atoms with Crippen LogP contribution in [0.3, 0.4) is 0 Å². The van der Waals surface area contributed by atoms with Gasteiger partial charge in [0.05, 0.1) is 0 Å². The fourth-order valence-corrected chi connectivity index (χ4v) is 3.33. The molecule has 0 spiro atoms. The van der Waals surface area contributed by atoms with Gasteiger partial charge in [0.25, 0.3) is 0 Å². The molecule has 3 aromatic rings. The Morgan fingerprint density at radius 2 is 1.74 bits per heavy atom. The zero-order valence-electron chi connectivity index (χ0n) is 15.5. The number of hydrogen-bond acceptors (Lipinski definition) is 5. The first-order valence-corrected chi connectivity index (χ1v) is 9.10. The van der Waals surface area contributed by atoms with Gasteiger partial charge in [0.15, 0.2) is 11.5 Å². The molecular weight excluding hydrogens is 334 g/mol. The van der Waals surface area contributed by atoms with Crippen molar-refractivity contribution in [2.45, 2.75) is 32.9 Å². The molecule has 1 aliphatic heterocycles. The summed E-state index contributed by atoms with van der Waals surface area (Å²) in [5.41, 5.74) is 6.57. The smallest absolute Gasteiger partial charge is 0.163 e. The lowest BCUT2D eigenvalue weighted by Crippen LogP contribution is -2.14. The molecule has 0 aliphatic carbocycles. The van der Waals surface area contributed by atoms with Gasteiger partial charge in [-0.25, -0.2) is 0 Å². The molecule has 5 nitrogen and oxygen atoms in total. The van der Waals surface area contributed by atoms with Crippen LogP contribution in [0.15, 0.2) is 54.6 Å². The third kappa shape index (κ3) is 3.61. The normalized spacial score (nSPS) is 12.7. The van der Waals surface area contributed by atoms with Crippen molar-refractivity contribution in [2.75, 3.05) is 10.2 Å². The van der Waals surface area contributed by atoms with Gasteiger partial charge in [-0.1, -0.05) is 32.0 Å². The predicted molar refractivity (Wildman–Crippen MR) is 107 cm³/mol. The number of anilines is 3. The van der Waals surface area contributed by atoms with E-state index in [1.54, 1.807) is 12.1 Å². The lowest BCUT2D eigenvalue weighted by molar-refractivity contribution is 0.856. The van der Waals surface area contributed by atoms with Gasteiger partial charge in [0.1, 0.15) is 6.07 Å². The van der Waals surface area contributed by atoms with E-state index in [9.17, 15) is 0 Å². The highest BCUT2D eigenvalue weighted by atomic mass is 15.2. The second-order valence-corrected chi connectivity index (χ2v) is 7.13. The van der Waals surface area contributed by atoms with E-state index >= 15 is 0 Å². The Kier molecular flexibility index (Phi) is 4.47. The van der Waals surface area contributed by atoms with Gasteiger partial charge in [-0.15, -0.1) is 10.2 Å². The first-order chi connectivity index (χ1) is 13.1. The minimum atomic E-state index is 0.314. The number of fused-ring (bicyclic) bond motifs is 1. The highest BCUT2D eigenvalue weighted by Crippen LogP contribution is 2.31. The second-order valence-electron chi connectivity index (χ2n) is 7.13. The Morgan fingerprint density at radius 1 is 0.963 bits per heavy atom. The van der Waals surface area contributed by atoms with Crippen molar-refractivity contribution in [3.63, 3.8) is 0 Å². The molecule has 0 amide bonds. The molecule has 0 radical (unpaired) electrons. The summed E-state index contributed by atoms with van der Waals surface area (Å²) in [4.78, 5) is 2.39. The zero-order valence-corrected chi connectivity index (χ0v) is 15.5. The number of aromatic nitrogens is 2. The van der Waals surface area contributed by atoms with Gasteiger partial charge in [-0.05, 0) is 59.0 Å². The molecule has 4 rings (SSSR count). The lowest BCUT2D eigenvalue weighted by Gasteiger charge is -2.18. The highest BCUT2D eigenvalue weighted by Gasteiger charge is 2.19. The number of nitriles is 1. The summed E-state index contributed by atoms with van der Waals surface area (Å²) < 4.78 is 0. The third-order valence-electron chi connectivity index (χ3n) is 4.91. The van der Waals surface area contributed by atoms with Crippen LogP contribution in [0.1, 0.15) is 42.1 Å². The molecule has 2 aromatic carbocycles. The largest absolute Gasteiger partial charge is 0.363 e. The highest BCUT2D eigenvalue weighted by molar-refractivity contribution is 5.61. The second kappa shape index (κ2) is 7.08. The summed E-state index contributed by atoms with van der Waals surface area (Å²) >= 11 is 0. The number of nitrogens with one attached hydrogen (secondary N) is 1. The van der Waals surface area contributed by atoms with Crippen molar-refractivity contribution in [1.29, 1.82) is 5.26 Å². The molecular formula is C22H21N5. The van der Waals surface area contributed by atoms with E-state index in [0.717, 1.165) is 18.8 Å². The Balaban J connectivity index is 1.48. The van der Waals surface area contributed by atoms with E-state index in [2.05, 4.69) is 76.7 Å². The van der Waals surface area contributed by atoms with E-state index in [0.29, 0.717) is 17.4 Å². The topological polar surface area (TPSA) is 64.8 Å². The maximum absolute atomic E-state index is 8.81. The van der Waals surface area contributed by atoms with Crippen molar-refractivity contribution in [1.82, 2.24) is 10.2 Å². The molecule has 0 saturated carbocycles. The molecule has 1 N–H and O–H groups in total. The molecule has 0 unspecified atom stereocenters. The fraction of sp³-hybridized carbons (Fsp3) is 0.227. The molecule has 5 heteroatoms. The molecule has 134 valence electrons. The van der Waals surface area contributed by atoms with Gasteiger partial charge in [-0.2, -0.15) is 5.26 Å². The molecule has 1 aliphatic rings. The molecule has 2 heterocycles. The molecule has 0 bridgehead atoms. The summed E-state index contributed by atoms with van der Waals surface area (Å²) in [5, 5.41) is 19.9. The Bertz CT molecular complexity index is 985. The molecule has 0 saturated heterocycles. The van der Waals surface area contributed by atoms with Gasteiger partial charge < -0.3 is 10.2 Å². The maximum Gasteiger partial charge on any atom is 0.163 e. The van der Waals surface area contributed by atoms with Crippen LogP contribution < -0.4 is 10.2 Å². The van der Waals surface area contributed by atoms with Crippen molar-refractivity contribution in [3.05, 3.63) is 77.0 Å². The van der Waals surface area contributed by atoms with E-state index < -0.39 is 0 Å². The number of rotatable bonds is 4. The van der Waals surface area contributed by atoms with Crippen LogP contribution in [0.25, 0.3) is 0 Å². The summed E-state index contributed by atoms with van der Waals surface area (Å²) in [6, 6.07) is 20.7. The van der Waals surface area contributed by atoms with Crippen LogP contribution in [0.2, 0.25) is 0 Å². The number of nitrogens with zero attached hydrogens (tertiary/aromatic N) is 4. The van der Waals surface area contributed by atoms with E-state index in [1.165, 1.54) is 22.4 Å². The van der Waals surface area contributed by atoms with Crippen LogP contribution in [0.4, 0.5) is 17.2 Å². The van der Waals surface area contributed by atoms with Crippen LogP contribution in [0, 0.1) is 11.3 Å². The third-order valence-corrected chi connectivity index (χ3v) is 4.91. The minimum Gasteiger partial charge on any atom is -0.363 e. The summed E-state index contributed by atoms with van der Waals surface area (Å²) in [7, 11) is 0. The van der Waals surface area contributed by atoms with E-state index in [4.69, 9.17) is 5.26 Å².